The summed E-state index contributed by atoms with van der Waals surface area (Å²) in [6, 6.07) is 26.6. The van der Waals surface area contributed by atoms with E-state index in [4.69, 9.17) is 4.74 Å². The number of nitrogens with zero attached hydrogens (tertiary/aromatic N) is 3. The van der Waals surface area contributed by atoms with Gasteiger partial charge in [-0.1, -0.05) is 72.8 Å². The Balaban J connectivity index is 1.04. The third-order valence-corrected chi connectivity index (χ3v) is 9.42. The number of allylic oxidation sites excluding steroid dienone is 1. The summed E-state index contributed by atoms with van der Waals surface area (Å²) in [6.07, 6.45) is 8.87. The summed E-state index contributed by atoms with van der Waals surface area (Å²) in [7, 11) is 1.67. The zero-order chi connectivity index (χ0) is 28.9. The van der Waals surface area contributed by atoms with E-state index in [0.29, 0.717) is 26.1 Å². The van der Waals surface area contributed by atoms with E-state index in [1.54, 1.807) is 7.11 Å². The number of anilines is 1. The molecule has 1 unspecified atom stereocenters. The highest BCUT2D eigenvalue weighted by atomic mass is 16.5. The van der Waals surface area contributed by atoms with Gasteiger partial charge in [-0.15, -0.1) is 0 Å². The van der Waals surface area contributed by atoms with Crippen molar-refractivity contribution in [2.45, 2.75) is 37.5 Å². The lowest BCUT2D eigenvalue weighted by atomic mass is 9.74. The Morgan fingerprint density at radius 3 is 2.50 bits per heavy atom. The van der Waals surface area contributed by atoms with Gasteiger partial charge < -0.3 is 19.4 Å². The van der Waals surface area contributed by atoms with Crippen LogP contribution < -0.4 is 9.64 Å². The molecule has 1 spiro atoms. The predicted molar refractivity (Wildman–Crippen MR) is 168 cm³/mol. The third kappa shape index (κ3) is 5.86. The van der Waals surface area contributed by atoms with Crippen LogP contribution in [0, 0.1) is 5.92 Å². The molecule has 1 atom stereocenters. The van der Waals surface area contributed by atoms with Crippen molar-refractivity contribution in [2.75, 3.05) is 51.3 Å². The van der Waals surface area contributed by atoms with Crippen LogP contribution in [0.4, 0.5) is 5.69 Å². The molecule has 2 fully saturated rings. The van der Waals surface area contributed by atoms with Crippen molar-refractivity contribution in [3.63, 3.8) is 0 Å². The van der Waals surface area contributed by atoms with Crippen molar-refractivity contribution in [3.8, 4) is 5.75 Å². The van der Waals surface area contributed by atoms with Gasteiger partial charge in [0.1, 0.15) is 5.75 Å². The van der Waals surface area contributed by atoms with Crippen molar-refractivity contribution in [1.29, 1.82) is 0 Å². The molecule has 0 bridgehead atoms. The fourth-order valence-electron chi connectivity index (χ4n) is 7.01. The molecule has 0 radical (unpaired) electrons. The lowest BCUT2D eigenvalue weighted by Crippen LogP contribution is -2.43. The van der Waals surface area contributed by atoms with Gasteiger partial charge >= 0.3 is 0 Å². The number of fused-ring (bicyclic) bond motifs is 2. The Bertz CT molecular complexity index is 1430. The van der Waals surface area contributed by atoms with Crippen molar-refractivity contribution >= 4 is 23.6 Å². The highest BCUT2D eigenvalue weighted by Crippen LogP contribution is 2.43. The summed E-state index contributed by atoms with van der Waals surface area (Å²) in [5.41, 5.74) is 5.02. The molecule has 3 aromatic rings. The van der Waals surface area contributed by atoms with Gasteiger partial charge in [0, 0.05) is 37.2 Å². The summed E-state index contributed by atoms with van der Waals surface area (Å²) in [6.45, 7) is 4.81. The Kier molecular flexibility index (Phi) is 8.43. The van der Waals surface area contributed by atoms with Crippen molar-refractivity contribution in [2.24, 2.45) is 5.92 Å². The van der Waals surface area contributed by atoms with Gasteiger partial charge in [-0.25, -0.2) is 0 Å². The number of amides is 2. The molecule has 2 heterocycles. The first kappa shape index (κ1) is 28.2. The second-order valence-electron chi connectivity index (χ2n) is 11.9. The van der Waals surface area contributed by atoms with E-state index in [1.807, 2.05) is 64.4 Å². The maximum absolute atomic E-state index is 13.9. The van der Waals surface area contributed by atoms with Gasteiger partial charge in [-0.2, -0.15) is 0 Å². The maximum atomic E-state index is 13.9. The minimum atomic E-state index is -0.320. The monoisotopic (exact) mass is 563 g/mol. The van der Waals surface area contributed by atoms with Gasteiger partial charge in [-0.3, -0.25) is 9.59 Å². The first-order chi connectivity index (χ1) is 20.6. The molecule has 2 amide bonds. The molecular formula is C36H41N3O3. The van der Waals surface area contributed by atoms with Crippen LogP contribution >= 0.6 is 0 Å². The lowest BCUT2D eigenvalue weighted by molar-refractivity contribution is -0.128. The number of methoxy groups -OCH3 is 1. The summed E-state index contributed by atoms with van der Waals surface area (Å²) >= 11 is 0. The van der Waals surface area contributed by atoms with Gasteiger partial charge in [0.05, 0.1) is 13.0 Å². The van der Waals surface area contributed by atoms with Crippen LogP contribution in [0.1, 0.15) is 42.4 Å². The molecule has 6 nitrogen and oxygen atoms in total. The topological polar surface area (TPSA) is 53.1 Å². The minimum Gasteiger partial charge on any atom is -0.496 e. The highest BCUT2D eigenvalue weighted by molar-refractivity contribution is 5.99. The SMILES string of the molecule is COc1ccccc1CCN1CC(C(=O)N(CCCN2CCC3(C=Cc4ccccc43)CC2)c2ccccc2)CC1=O. The van der Waals surface area contributed by atoms with Crippen LogP contribution in [0.2, 0.25) is 0 Å². The average Bonchev–Trinajstić information content (AvgIpc) is 3.59. The van der Waals surface area contributed by atoms with E-state index in [1.165, 1.54) is 11.1 Å². The van der Waals surface area contributed by atoms with E-state index in [2.05, 4.69) is 41.3 Å². The zero-order valence-electron chi connectivity index (χ0n) is 24.6. The first-order valence-corrected chi connectivity index (χ1v) is 15.3. The Labute approximate surface area is 249 Å². The Hall–Kier alpha value is -3.90. The smallest absolute Gasteiger partial charge is 0.232 e. The van der Waals surface area contributed by atoms with E-state index < -0.39 is 0 Å². The molecule has 6 rings (SSSR count). The molecule has 218 valence electrons. The highest BCUT2D eigenvalue weighted by Gasteiger charge is 2.39. The number of benzene rings is 3. The standard InChI is InChI=1S/C36H41N3O3/c1-42-33-15-8-6-11-29(33)17-23-38-27-30(26-34(38)40)35(41)39(31-12-3-2-4-13-31)22-9-21-37-24-19-36(20-25-37)18-16-28-10-5-7-14-32(28)36/h2-8,10-16,18,30H,9,17,19-27H2,1H3. The molecule has 42 heavy (non-hydrogen) atoms. The number of hydrogen-bond acceptors (Lipinski definition) is 4. The molecule has 0 aromatic heterocycles. The number of hydrogen-bond donors (Lipinski definition) is 0. The second kappa shape index (κ2) is 12.5. The van der Waals surface area contributed by atoms with E-state index in [-0.39, 0.29) is 29.6 Å². The number of likely N-dealkylation sites (tertiary alicyclic amines) is 2. The molecule has 1 aliphatic carbocycles. The Morgan fingerprint density at radius 2 is 1.69 bits per heavy atom. The summed E-state index contributed by atoms with van der Waals surface area (Å²) in [5.74, 6) is 0.626. The molecule has 6 heteroatoms. The van der Waals surface area contributed by atoms with Crippen molar-refractivity contribution < 1.29 is 14.3 Å². The van der Waals surface area contributed by atoms with E-state index in [9.17, 15) is 9.59 Å². The molecular weight excluding hydrogens is 522 g/mol. The number of para-hydroxylation sites is 2. The molecule has 0 N–H and O–H groups in total. The first-order valence-electron chi connectivity index (χ1n) is 15.3. The number of rotatable bonds is 10. The summed E-state index contributed by atoms with van der Waals surface area (Å²) in [5, 5.41) is 0. The van der Waals surface area contributed by atoms with Crippen molar-refractivity contribution in [3.05, 3.63) is 102 Å². The lowest BCUT2D eigenvalue weighted by Gasteiger charge is -2.39. The van der Waals surface area contributed by atoms with Crippen LogP contribution in [0.5, 0.6) is 5.75 Å². The number of ether oxygens (including phenoxy) is 1. The molecule has 0 saturated carbocycles. The number of carbonyl (C=O) groups is 2. The quantitative estimate of drug-likeness (QED) is 0.324. The van der Waals surface area contributed by atoms with Crippen LogP contribution in [0.15, 0.2) is 84.9 Å². The van der Waals surface area contributed by atoms with Crippen LogP contribution in [0.25, 0.3) is 6.08 Å². The normalized spacial score (nSPS) is 19.3. The molecule has 2 aliphatic heterocycles. The van der Waals surface area contributed by atoms with E-state index in [0.717, 1.165) is 55.9 Å². The fourth-order valence-corrected chi connectivity index (χ4v) is 7.01. The van der Waals surface area contributed by atoms with Crippen LogP contribution in [0.3, 0.4) is 0 Å². The zero-order valence-corrected chi connectivity index (χ0v) is 24.6. The Morgan fingerprint density at radius 1 is 0.952 bits per heavy atom. The predicted octanol–water partition coefficient (Wildman–Crippen LogP) is 5.57. The average molecular weight is 564 g/mol. The largest absolute Gasteiger partial charge is 0.496 e. The third-order valence-electron chi connectivity index (χ3n) is 9.42. The fraction of sp³-hybridized carbons (Fsp3) is 0.389. The van der Waals surface area contributed by atoms with Gasteiger partial charge in [0.2, 0.25) is 11.8 Å². The van der Waals surface area contributed by atoms with Crippen LogP contribution in [-0.2, 0) is 21.4 Å². The maximum Gasteiger partial charge on any atom is 0.232 e. The van der Waals surface area contributed by atoms with Gasteiger partial charge in [-0.05, 0) is 80.2 Å². The minimum absolute atomic E-state index is 0.0552. The number of carbonyl (C=O) groups excluding carboxylic acids is 2. The van der Waals surface area contributed by atoms with Crippen LogP contribution in [-0.4, -0.2) is 68.0 Å². The van der Waals surface area contributed by atoms with Crippen molar-refractivity contribution in [1.82, 2.24) is 9.80 Å². The second-order valence-corrected chi connectivity index (χ2v) is 11.9. The molecule has 2 saturated heterocycles. The summed E-state index contributed by atoms with van der Waals surface area (Å²) < 4.78 is 5.48. The number of piperidine rings is 1. The van der Waals surface area contributed by atoms with Gasteiger partial charge in [0.25, 0.3) is 0 Å². The molecule has 3 aliphatic rings. The molecule has 3 aromatic carbocycles. The van der Waals surface area contributed by atoms with E-state index >= 15 is 0 Å². The summed E-state index contributed by atoms with van der Waals surface area (Å²) in [4.78, 5) is 33.1. The van der Waals surface area contributed by atoms with Gasteiger partial charge in [0.15, 0.2) is 0 Å².